The Kier molecular flexibility index (Phi) is 8.35. The second kappa shape index (κ2) is 11.8. The smallest absolute Gasteiger partial charge is 0.412 e. The van der Waals surface area contributed by atoms with Crippen LogP contribution >= 0.6 is 11.6 Å². The number of hydrogen-bond acceptors (Lipinski definition) is 5. The number of nitrogens with one attached hydrogen (secondary N) is 1. The number of carbonyl (C=O) groups is 2. The fourth-order valence-electron chi connectivity index (χ4n) is 3.94. The zero-order valence-electron chi connectivity index (χ0n) is 20.5. The van der Waals surface area contributed by atoms with Crippen LogP contribution in [-0.2, 0) is 29.4 Å². The molecule has 37 heavy (non-hydrogen) atoms. The van der Waals surface area contributed by atoms with Gasteiger partial charge in [-0.1, -0.05) is 48.0 Å². The number of aromatic nitrogens is 3. The van der Waals surface area contributed by atoms with Crippen molar-refractivity contribution in [2.45, 2.75) is 25.3 Å². The number of imidazole rings is 1. The van der Waals surface area contributed by atoms with E-state index in [1.165, 1.54) is 11.0 Å². The van der Waals surface area contributed by atoms with Crippen molar-refractivity contribution in [1.29, 1.82) is 0 Å². The maximum absolute atomic E-state index is 13.8. The van der Waals surface area contributed by atoms with Crippen LogP contribution in [0.1, 0.15) is 17.8 Å². The van der Waals surface area contributed by atoms with Crippen LogP contribution in [-0.4, -0.2) is 51.1 Å². The quantitative estimate of drug-likeness (QED) is 0.333. The minimum Gasteiger partial charge on any atom is -0.447 e. The molecule has 1 unspecified atom stereocenters. The van der Waals surface area contributed by atoms with Gasteiger partial charge in [-0.2, -0.15) is 0 Å². The first-order valence-corrected chi connectivity index (χ1v) is 12.1. The monoisotopic (exact) mass is 523 g/mol. The van der Waals surface area contributed by atoms with E-state index in [1.807, 2.05) is 35.9 Å². The van der Waals surface area contributed by atoms with Gasteiger partial charge in [-0.3, -0.25) is 10.1 Å². The van der Waals surface area contributed by atoms with Crippen LogP contribution in [0.25, 0.3) is 10.8 Å². The van der Waals surface area contributed by atoms with E-state index in [4.69, 9.17) is 16.3 Å². The number of benzene rings is 2. The molecule has 4 rings (SSSR count). The molecule has 8 nitrogen and oxygen atoms in total. The molecular formula is C27H27ClFN5O3. The third-order valence-electron chi connectivity index (χ3n) is 6.19. The highest BCUT2D eigenvalue weighted by Crippen LogP contribution is 2.21. The molecule has 1 atom stereocenters. The molecule has 2 amide bonds. The van der Waals surface area contributed by atoms with Crippen LogP contribution < -0.4 is 5.32 Å². The third kappa shape index (κ3) is 6.62. The Hall–Kier alpha value is -3.98. The summed E-state index contributed by atoms with van der Waals surface area (Å²) in [6, 6.07) is 13.5. The number of halogens is 2. The minimum absolute atomic E-state index is 0.0183. The Balaban J connectivity index is 1.40. The van der Waals surface area contributed by atoms with Crippen LogP contribution in [0.5, 0.6) is 0 Å². The van der Waals surface area contributed by atoms with Crippen molar-refractivity contribution >= 4 is 40.2 Å². The Morgan fingerprint density at radius 2 is 1.95 bits per heavy atom. The van der Waals surface area contributed by atoms with E-state index in [0.717, 1.165) is 16.6 Å². The summed E-state index contributed by atoms with van der Waals surface area (Å²) < 4.78 is 21.1. The number of carbonyl (C=O) groups excluding carboxylic acids is 2. The van der Waals surface area contributed by atoms with Gasteiger partial charge in [0.15, 0.2) is 0 Å². The molecule has 2 aromatic carbocycles. The number of nitrogens with zero attached hydrogens (tertiary/aromatic N) is 4. The van der Waals surface area contributed by atoms with Crippen molar-refractivity contribution < 1.29 is 18.7 Å². The topological polar surface area (TPSA) is 89.3 Å². The molecule has 4 aromatic rings. The zero-order chi connectivity index (χ0) is 26.4. The molecule has 0 spiro atoms. The van der Waals surface area contributed by atoms with Crippen molar-refractivity contribution in [2.24, 2.45) is 7.05 Å². The molecular weight excluding hydrogens is 497 g/mol. The van der Waals surface area contributed by atoms with Crippen LogP contribution in [0.15, 0.2) is 67.1 Å². The molecule has 10 heteroatoms. The molecule has 0 aliphatic heterocycles. The number of anilines is 1. The van der Waals surface area contributed by atoms with Crippen molar-refractivity contribution in [2.75, 3.05) is 19.0 Å². The maximum Gasteiger partial charge on any atom is 0.412 e. The Bertz CT molecular complexity index is 1410. The van der Waals surface area contributed by atoms with Gasteiger partial charge in [0.1, 0.15) is 24.1 Å². The molecule has 0 saturated heterocycles. The summed E-state index contributed by atoms with van der Waals surface area (Å²) in [4.78, 5) is 35.7. The van der Waals surface area contributed by atoms with Crippen LogP contribution in [0.3, 0.4) is 0 Å². The lowest BCUT2D eigenvalue weighted by Gasteiger charge is -2.28. The van der Waals surface area contributed by atoms with Gasteiger partial charge < -0.3 is 14.2 Å². The first kappa shape index (κ1) is 26.1. The van der Waals surface area contributed by atoms with Gasteiger partial charge in [0, 0.05) is 50.9 Å². The Morgan fingerprint density at radius 1 is 1.16 bits per heavy atom. The fraction of sp³-hybridized carbons (Fsp3) is 0.259. The van der Waals surface area contributed by atoms with Gasteiger partial charge in [-0.25, -0.2) is 19.2 Å². The summed E-state index contributed by atoms with van der Waals surface area (Å²) in [7, 11) is 3.50. The van der Waals surface area contributed by atoms with E-state index < -0.39 is 18.0 Å². The second-order valence-electron chi connectivity index (χ2n) is 8.67. The lowest BCUT2D eigenvalue weighted by molar-refractivity contribution is -0.132. The molecule has 0 radical (unpaired) electrons. The second-order valence-corrected chi connectivity index (χ2v) is 9.05. The predicted molar refractivity (Wildman–Crippen MR) is 140 cm³/mol. The number of aryl methyl sites for hydroxylation is 2. The minimum atomic E-state index is -0.681. The van der Waals surface area contributed by atoms with Crippen molar-refractivity contribution in [3.05, 3.63) is 89.3 Å². The molecule has 0 saturated carbocycles. The van der Waals surface area contributed by atoms with E-state index in [9.17, 15) is 14.0 Å². The molecule has 2 heterocycles. The standard InChI is InChI=1S/C27H27ClFN5O3/c1-33-13-12-30-24(33)15-21(34(2)25(35)11-10-18-8-5-9-22(29)26(18)28)17-37-27(36)32-23-14-19-6-3-4-7-20(19)16-31-23/h3-9,12-14,16,21H,10-11,15,17H2,1-2H3,(H,31,32,36). The van der Waals surface area contributed by atoms with Gasteiger partial charge in [-0.15, -0.1) is 0 Å². The number of rotatable bonds is 9. The van der Waals surface area contributed by atoms with E-state index >= 15 is 0 Å². The first-order valence-electron chi connectivity index (χ1n) is 11.7. The van der Waals surface area contributed by atoms with Crippen LogP contribution in [0, 0.1) is 5.82 Å². The van der Waals surface area contributed by atoms with Crippen LogP contribution in [0.4, 0.5) is 15.0 Å². The lowest BCUT2D eigenvalue weighted by atomic mass is 10.1. The van der Waals surface area contributed by atoms with Crippen molar-refractivity contribution in [1.82, 2.24) is 19.4 Å². The molecule has 0 aliphatic rings. The first-order chi connectivity index (χ1) is 17.8. The Morgan fingerprint density at radius 3 is 2.70 bits per heavy atom. The summed E-state index contributed by atoms with van der Waals surface area (Å²) >= 11 is 6.03. The van der Waals surface area contributed by atoms with Crippen molar-refractivity contribution in [3.63, 3.8) is 0 Å². The van der Waals surface area contributed by atoms with Gasteiger partial charge in [0.05, 0.1) is 11.1 Å². The molecule has 0 fully saturated rings. The van der Waals surface area contributed by atoms with E-state index in [1.54, 1.807) is 43.8 Å². The zero-order valence-corrected chi connectivity index (χ0v) is 21.3. The summed E-state index contributed by atoms with van der Waals surface area (Å²) in [5, 5.41) is 4.55. The average Bonchev–Trinajstić information content (AvgIpc) is 3.30. The van der Waals surface area contributed by atoms with Gasteiger partial charge >= 0.3 is 6.09 Å². The third-order valence-corrected chi connectivity index (χ3v) is 6.61. The molecule has 0 bridgehead atoms. The highest BCUT2D eigenvalue weighted by Gasteiger charge is 2.24. The summed E-state index contributed by atoms with van der Waals surface area (Å²) in [5.41, 5.74) is 0.558. The lowest BCUT2D eigenvalue weighted by Crippen LogP contribution is -2.43. The largest absolute Gasteiger partial charge is 0.447 e. The number of amides is 2. The van der Waals surface area contributed by atoms with Gasteiger partial charge in [0.2, 0.25) is 5.91 Å². The maximum atomic E-state index is 13.8. The van der Waals surface area contributed by atoms with E-state index in [0.29, 0.717) is 17.8 Å². The predicted octanol–water partition coefficient (Wildman–Crippen LogP) is 5.01. The number of hydrogen-bond donors (Lipinski definition) is 1. The molecule has 2 aromatic heterocycles. The SMILES string of the molecule is CN(C(=O)CCc1cccc(F)c1Cl)C(COC(=O)Nc1cc2ccccc2cn1)Cc1nccn1C. The van der Waals surface area contributed by atoms with Gasteiger partial charge in [0.25, 0.3) is 0 Å². The number of fused-ring (bicyclic) bond motifs is 1. The molecule has 0 aliphatic carbocycles. The summed E-state index contributed by atoms with van der Waals surface area (Å²) in [6.07, 6.45) is 5.23. The number of pyridine rings is 1. The molecule has 192 valence electrons. The number of ether oxygens (including phenoxy) is 1. The average molecular weight is 524 g/mol. The normalized spacial score (nSPS) is 11.8. The summed E-state index contributed by atoms with van der Waals surface area (Å²) in [5.74, 6) is 0.381. The molecule has 1 N–H and O–H groups in total. The van der Waals surface area contributed by atoms with Gasteiger partial charge in [-0.05, 0) is 29.5 Å². The highest BCUT2D eigenvalue weighted by atomic mass is 35.5. The Labute approximate surface area is 219 Å². The van der Waals surface area contributed by atoms with E-state index in [-0.39, 0.29) is 30.4 Å². The number of likely N-dealkylation sites (N-methyl/N-ethyl adjacent to an activating group) is 1. The highest BCUT2D eigenvalue weighted by molar-refractivity contribution is 6.31. The van der Waals surface area contributed by atoms with Crippen molar-refractivity contribution in [3.8, 4) is 0 Å². The summed E-state index contributed by atoms with van der Waals surface area (Å²) in [6.45, 7) is -0.0603. The fourth-order valence-corrected chi connectivity index (χ4v) is 4.16. The van der Waals surface area contributed by atoms with Crippen LogP contribution in [0.2, 0.25) is 5.02 Å². The van der Waals surface area contributed by atoms with E-state index in [2.05, 4.69) is 15.3 Å².